The number of halogens is 2. The number of hydrogen-bond donors (Lipinski definition) is 1. The summed E-state index contributed by atoms with van der Waals surface area (Å²) < 4.78 is 32.8. The summed E-state index contributed by atoms with van der Waals surface area (Å²) in [4.78, 5) is 0. The average Bonchev–Trinajstić information content (AvgIpc) is 3.17. The van der Waals surface area contributed by atoms with Crippen LogP contribution in [0.2, 0.25) is 0 Å². The van der Waals surface area contributed by atoms with Crippen LogP contribution in [-0.2, 0) is 4.74 Å². The van der Waals surface area contributed by atoms with Gasteiger partial charge in [0.25, 0.3) is 0 Å². The average molecular weight is 256 g/mol. The van der Waals surface area contributed by atoms with Gasteiger partial charge in [-0.25, -0.2) is 8.78 Å². The number of rotatable bonds is 5. The van der Waals surface area contributed by atoms with Crippen molar-refractivity contribution in [3.8, 4) is 0 Å². The maximum absolute atomic E-state index is 13.8. The van der Waals surface area contributed by atoms with Crippen molar-refractivity contribution in [3.63, 3.8) is 0 Å². The number of benzene rings is 1. The Balaban J connectivity index is 2.26. The maximum Gasteiger partial charge on any atom is 0.164 e. The molecule has 1 aromatic carbocycles. The van der Waals surface area contributed by atoms with E-state index < -0.39 is 23.8 Å². The minimum absolute atomic E-state index is 0.0107. The highest BCUT2D eigenvalue weighted by Crippen LogP contribution is 2.40. The predicted octanol–water partition coefficient (Wildman–Crippen LogP) is 3.12. The molecule has 1 aliphatic carbocycles. The Morgan fingerprint density at radius 3 is 2.56 bits per heavy atom. The van der Waals surface area contributed by atoms with E-state index in [-0.39, 0.29) is 17.0 Å². The van der Waals surface area contributed by atoms with Crippen LogP contribution in [0.4, 0.5) is 8.78 Å². The number of aliphatic hydroxyl groups excluding tert-OH is 1. The third kappa shape index (κ3) is 2.54. The standard InChI is InChI=1S/C14H18F2O2/c1-3-18-14(9-5-6-9)13(17)10-7-4-8(2)11(15)12(10)16/h4,7,9,13-14,17H,3,5-6H2,1-2H3. The fourth-order valence-corrected chi connectivity index (χ4v) is 2.17. The minimum Gasteiger partial charge on any atom is -0.386 e. The lowest BCUT2D eigenvalue weighted by Crippen LogP contribution is -2.25. The van der Waals surface area contributed by atoms with Gasteiger partial charge in [0.1, 0.15) is 6.10 Å². The highest BCUT2D eigenvalue weighted by molar-refractivity contribution is 5.28. The Hall–Kier alpha value is -1.00. The molecule has 100 valence electrons. The van der Waals surface area contributed by atoms with Crippen LogP contribution in [-0.4, -0.2) is 17.8 Å². The van der Waals surface area contributed by atoms with Crippen molar-refractivity contribution in [2.24, 2.45) is 5.92 Å². The van der Waals surface area contributed by atoms with Gasteiger partial charge in [-0.3, -0.25) is 0 Å². The van der Waals surface area contributed by atoms with E-state index in [1.807, 2.05) is 6.92 Å². The highest BCUT2D eigenvalue weighted by Gasteiger charge is 2.38. The van der Waals surface area contributed by atoms with Gasteiger partial charge in [-0.05, 0) is 38.2 Å². The molecule has 0 heterocycles. The van der Waals surface area contributed by atoms with E-state index in [1.54, 1.807) is 0 Å². The van der Waals surface area contributed by atoms with Crippen molar-refractivity contribution < 1.29 is 18.6 Å². The number of aryl methyl sites for hydroxylation is 1. The van der Waals surface area contributed by atoms with Gasteiger partial charge in [0, 0.05) is 12.2 Å². The first-order valence-electron chi connectivity index (χ1n) is 6.30. The molecule has 4 heteroatoms. The Labute approximate surface area is 106 Å². The van der Waals surface area contributed by atoms with Crippen LogP contribution in [0.3, 0.4) is 0 Å². The molecule has 1 fully saturated rings. The molecule has 2 unspecified atom stereocenters. The molecule has 2 rings (SSSR count). The Morgan fingerprint density at radius 1 is 1.33 bits per heavy atom. The molecule has 1 saturated carbocycles. The lowest BCUT2D eigenvalue weighted by Gasteiger charge is -2.23. The second-order valence-electron chi connectivity index (χ2n) is 4.80. The second-order valence-corrected chi connectivity index (χ2v) is 4.80. The second kappa shape index (κ2) is 5.33. The lowest BCUT2D eigenvalue weighted by atomic mass is 9.99. The Kier molecular flexibility index (Phi) is 3.97. The van der Waals surface area contributed by atoms with Gasteiger partial charge in [0.2, 0.25) is 0 Å². The molecule has 0 bridgehead atoms. The first-order chi connectivity index (χ1) is 8.56. The normalized spacial score (nSPS) is 18.7. The molecule has 0 saturated heterocycles. The summed E-state index contributed by atoms with van der Waals surface area (Å²) in [7, 11) is 0. The maximum atomic E-state index is 13.8. The molecule has 0 spiro atoms. The fraction of sp³-hybridized carbons (Fsp3) is 0.571. The van der Waals surface area contributed by atoms with E-state index in [9.17, 15) is 13.9 Å². The van der Waals surface area contributed by atoms with Crippen LogP contribution >= 0.6 is 0 Å². The van der Waals surface area contributed by atoms with Crippen LogP contribution in [0.25, 0.3) is 0 Å². The quantitative estimate of drug-likeness (QED) is 0.877. The zero-order chi connectivity index (χ0) is 13.3. The van der Waals surface area contributed by atoms with Crippen molar-refractivity contribution in [2.75, 3.05) is 6.61 Å². The van der Waals surface area contributed by atoms with Crippen LogP contribution in [0.1, 0.15) is 37.0 Å². The van der Waals surface area contributed by atoms with E-state index in [4.69, 9.17) is 4.74 Å². The van der Waals surface area contributed by atoms with Crippen molar-refractivity contribution in [3.05, 3.63) is 34.9 Å². The first-order valence-corrected chi connectivity index (χ1v) is 6.30. The molecule has 1 aromatic rings. The predicted molar refractivity (Wildman–Crippen MR) is 64.2 cm³/mol. The summed E-state index contributed by atoms with van der Waals surface area (Å²) in [6.45, 7) is 3.78. The molecular weight excluding hydrogens is 238 g/mol. The third-order valence-corrected chi connectivity index (χ3v) is 3.38. The monoisotopic (exact) mass is 256 g/mol. The Morgan fingerprint density at radius 2 is 2.00 bits per heavy atom. The fourth-order valence-electron chi connectivity index (χ4n) is 2.17. The summed E-state index contributed by atoms with van der Waals surface area (Å²) in [6, 6.07) is 2.92. The van der Waals surface area contributed by atoms with Gasteiger partial charge >= 0.3 is 0 Å². The van der Waals surface area contributed by atoms with E-state index in [0.717, 1.165) is 12.8 Å². The molecule has 1 aliphatic rings. The summed E-state index contributed by atoms with van der Waals surface area (Å²) in [5.41, 5.74) is 0.228. The van der Waals surface area contributed by atoms with Crippen molar-refractivity contribution >= 4 is 0 Å². The molecule has 2 atom stereocenters. The van der Waals surface area contributed by atoms with Crippen molar-refractivity contribution in [2.45, 2.75) is 38.9 Å². The zero-order valence-corrected chi connectivity index (χ0v) is 10.6. The molecule has 1 N–H and O–H groups in total. The van der Waals surface area contributed by atoms with Gasteiger partial charge in [-0.15, -0.1) is 0 Å². The minimum atomic E-state index is -1.10. The van der Waals surface area contributed by atoms with Crippen LogP contribution < -0.4 is 0 Å². The van der Waals surface area contributed by atoms with Gasteiger partial charge in [0.05, 0.1) is 6.10 Å². The summed E-state index contributed by atoms with van der Waals surface area (Å²) >= 11 is 0. The van der Waals surface area contributed by atoms with E-state index in [1.165, 1.54) is 19.1 Å². The van der Waals surface area contributed by atoms with Crippen molar-refractivity contribution in [1.29, 1.82) is 0 Å². The van der Waals surface area contributed by atoms with Crippen LogP contribution in [0.5, 0.6) is 0 Å². The summed E-state index contributed by atoms with van der Waals surface area (Å²) in [5, 5.41) is 10.2. The first kappa shape index (κ1) is 13.4. The topological polar surface area (TPSA) is 29.5 Å². The smallest absolute Gasteiger partial charge is 0.164 e. The van der Waals surface area contributed by atoms with Gasteiger partial charge < -0.3 is 9.84 Å². The van der Waals surface area contributed by atoms with Crippen molar-refractivity contribution in [1.82, 2.24) is 0 Å². The number of ether oxygens (including phenoxy) is 1. The molecule has 0 aliphatic heterocycles. The largest absolute Gasteiger partial charge is 0.386 e. The Bertz CT molecular complexity index is 430. The third-order valence-electron chi connectivity index (χ3n) is 3.38. The van der Waals surface area contributed by atoms with Gasteiger partial charge in [-0.2, -0.15) is 0 Å². The summed E-state index contributed by atoms with van der Waals surface area (Å²) in [5.74, 6) is -1.60. The van der Waals surface area contributed by atoms with E-state index in [0.29, 0.717) is 6.61 Å². The van der Waals surface area contributed by atoms with E-state index in [2.05, 4.69) is 0 Å². The molecule has 0 aromatic heterocycles. The number of hydrogen-bond acceptors (Lipinski definition) is 2. The lowest BCUT2D eigenvalue weighted by molar-refractivity contribution is -0.0476. The molecular formula is C14H18F2O2. The highest BCUT2D eigenvalue weighted by atomic mass is 19.2. The molecule has 0 amide bonds. The van der Waals surface area contributed by atoms with Gasteiger partial charge in [-0.1, -0.05) is 12.1 Å². The number of aliphatic hydroxyl groups is 1. The van der Waals surface area contributed by atoms with E-state index >= 15 is 0 Å². The molecule has 0 radical (unpaired) electrons. The van der Waals surface area contributed by atoms with Gasteiger partial charge in [0.15, 0.2) is 11.6 Å². The molecule has 18 heavy (non-hydrogen) atoms. The SMILES string of the molecule is CCOC(C1CC1)C(O)c1ccc(C)c(F)c1F. The van der Waals surface area contributed by atoms with Crippen LogP contribution in [0.15, 0.2) is 12.1 Å². The van der Waals surface area contributed by atoms with Crippen LogP contribution in [0, 0.1) is 24.5 Å². The summed E-state index contributed by atoms with van der Waals surface area (Å²) in [6.07, 6.45) is 0.397. The zero-order valence-electron chi connectivity index (χ0n) is 10.6. The molecule has 2 nitrogen and oxygen atoms in total.